The van der Waals surface area contributed by atoms with E-state index in [1.807, 2.05) is 18.8 Å². The van der Waals surface area contributed by atoms with E-state index in [2.05, 4.69) is 15.6 Å². The Hall–Kier alpha value is -1.25. The zero-order valence-electron chi connectivity index (χ0n) is 5.46. The second-order valence-electron chi connectivity index (χ2n) is 2.15. The van der Waals surface area contributed by atoms with Crippen molar-refractivity contribution in [3.8, 4) is 0 Å². The average molecular weight is 134 g/mol. The van der Waals surface area contributed by atoms with Crippen molar-refractivity contribution in [2.75, 3.05) is 17.2 Å². The van der Waals surface area contributed by atoms with Gasteiger partial charge >= 0.3 is 0 Å². The van der Waals surface area contributed by atoms with Crippen molar-refractivity contribution in [2.45, 2.75) is 0 Å². The first kappa shape index (κ1) is 5.53. The van der Waals surface area contributed by atoms with Crippen molar-refractivity contribution in [3.05, 3.63) is 25.0 Å². The van der Waals surface area contributed by atoms with Crippen LogP contribution in [0.15, 0.2) is 18.5 Å². The van der Waals surface area contributed by atoms with Crippen LogP contribution in [0, 0.1) is 6.54 Å². The molecule has 1 radical (unpaired) electrons. The summed E-state index contributed by atoms with van der Waals surface area (Å²) in [5.41, 5.74) is 2.17. The maximum Gasteiger partial charge on any atom is 0.0763 e. The van der Waals surface area contributed by atoms with Crippen LogP contribution < -0.4 is 10.6 Å². The molecule has 0 unspecified atom stereocenters. The van der Waals surface area contributed by atoms with E-state index in [-0.39, 0.29) is 0 Å². The van der Waals surface area contributed by atoms with Crippen LogP contribution >= 0.6 is 0 Å². The maximum absolute atomic E-state index is 3.98. The van der Waals surface area contributed by atoms with Crippen molar-refractivity contribution >= 4 is 11.4 Å². The molecule has 2 heterocycles. The normalized spacial score (nSPS) is 14.8. The van der Waals surface area contributed by atoms with Gasteiger partial charge in [-0.2, -0.15) is 0 Å². The summed E-state index contributed by atoms with van der Waals surface area (Å²) in [6.07, 6.45) is 3.59. The highest BCUT2D eigenvalue weighted by molar-refractivity contribution is 5.70. The molecule has 1 aliphatic heterocycles. The average Bonchev–Trinajstić information content (AvgIpc) is 2.05. The molecule has 1 aromatic heterocycles. The molecule has 0 aromatic carbocycles. The lowest BCUT2D eigenvalue weighted by atomic mass is 10.3. The molecular weight excluding hydrogens is 126 g/mol. The molecule has 0 spiro atoms. The number of nitrogens with one attached hydrogen (secondary N) is 2. The van der Waals surface area contributed by atoms with Gasteiger partial charge in [-0.05, 0) is 6.07 Å². The zero-order valence-corrected chi connectivity index (χ0v) is 5.46. The molecule has 10 heavy (non-hydrogen) atoms. The molecule has 0 amide bonds. The molecule has 0 fully saturated rings. The van der Waals surface area contributed by atoms with Gasteiger partial charge in [-0.3, -0.25) is 4.98 Å². The Labute approximate surface area is 59.5 Å². The molecule has 1 aromatic rings. The molecule has 51 valence electrons. The molecule has 0 aliphatic carbocycles. The van der Waals surface area contributed by atoms with Gasteiger partial charge in [0.1, 0.15) is 0 Å². The van der Waals surface area contributed by atoms with Gasteiger partial charge in [-0.15, -0.1) is 0 Å². The van der Waals surface area contributed by atoms with Gasteiger partial charge < -0.3 is 10.6 Å². The van der Waals surface area contributed by atoms with E-state index in [0.29, 0.717) is 0 Å². The number of aromatic nitrogens is 1. The number of nitrogens with zero attached hydrogens (tertiary/aromatic N) is 1. The summed E-state index contributed by atoms with van der Waals surface area (Å²) in [7, 11) is 0. The van der Waals surface area contributed by atoms with E-state index < -0.39 is 0 Å². The second kappa shape index (κ2) is 2.17. The van der Waals surface area contributed by atoms with Crippen LogP contribution in [0.2, 0.25) is 0 Å². The minimum atomic E-state index is 0.860. The van der Waals surface area contributed by atoms with Gasteiger partial charge in [0.25, 0.3) is 0 Å². The van der Waals surface area contributed by atoms with E-state index in [1.165, 1.54) is 0 Å². The lowest BCUT2D eigenvalue weighted by Crippen LogP contribution is -2.15. The van der Waals surface area contributed by atoms with Crippen molar-refractivity contribution in [1.29, 1.82) is 0 Å². The largest absolute Gasteiger partial charge is 0.380 e. The van der Waals surface area contributed by atoms with Gasteiger partial charge in [0.15, 0.2) is 0 Å². The summed E-state index contributed by atoms with van der Waals surface area (Å²) in [5, 5.41) is 6.32. The molecular formula is C7H8N3. The molecule has 2 rings (SSSR count). The predicted octanol–water partition coefficient (Wildman–Crippen LogP) is 1.08. The van der Waals surface area contributed by atoms with E-state index in [0.717, 1.165) is 17.9 Å². The molecule has 0 saturated carbocycles. The summed E-state index contributed by atoms with van der Waals surface area (Å²) >= 11 is 0. The number of pyridine rings is 1. The first-order chi connectivity index (χ1) is 4.97. The third kappa shape index (κ3) is 0.795. The monoisotopic (exact) mass is 134 g/mol. The molecule has 0 saturated heterocycles. The van der Waals surface area contributed by atoms with Crippen molar-refractivity contribution in [2.24, 2.45) is 0 Å². The van der Waals surface area contributed by atoms with E-state index in [9.17, 15) is 0 Å². The number of anilines is 2. The lowest BCUT2D eigenvalue weighted by molar-refractivity contribution is 1.14. The van der Waals surface area contributed by atoms with E-state index in [4.69, 9.17) is 0 Å². The Morgan fingerprint density at radius 2 is 2.40 bits per heavy atom. The van der Waals surface area contributed by atoms with Crippen LogP contribution in [-0.4, -0.2) is 11.5 Å². The molecule has 0 bridgehead atoms. The minimum Gasteiger partial charge on any atom is -0.380 e. The standard InChI is InChI=1S/C7H8N3/c1-2-8-5-7-6(1)9-3-4-10-7/h1-3,5,9-10H,4H2. The molecule has 2 N–H and O–H groups in total. The summed E-state index contributed by atoms with van der Waals surface area (Å²) in [4.78, 5) is 3.98. The zero-order chi connectivity index (χ0) is 6.81. The summed E-state index contributed by atoms with van der Waals surface area (Å²) in [6.45, 7) is 2.83. The van der Waals surface area contributed by atoms with Crippen molar-refractivity contribution in [3.63, 3.8) is 0 Å². The molecule has 3 heteroatoms. The number of hydrogen-bond donors (Lipinski definition) is 2. The van der Waals surface area contributed by atoms with Gasteiger partial charge in [0.05, 0.1) is 24.1 Å². The Balaban J connectivity index is 2.41. The van der Waals surface area contributed by atoms with Gasteiger partial charge in [-0.25, -0.2) is 0 Å². The number of fused-ring (bicyclic) bond motifs is 1. The molecule has 3 nitrogen and oxygen atoms in total. The number of rotatable bonds is 0. The third-order valence-corrected chi connectivity index (χ3v) is 1.47. The highest BCUT2D eigenvalue weighted by Crippen LogP contribution is 2.22. The van der Waals surface area contributed by atoms with Gasteiger partial charge in [0.2, 0.25) is 0 Å². The Bertz CT molecular complexity index is 209. The van der Waals surface area contributed by atoms with E-state index >= 15 is 0 Å². The van der Waals surface area contributed by atoms with Crippen molar-refractivity contribution in [1.82, 2.24) is 4.98 Å². The van der Waals surface area contributed by atoms with Crippen LogP contribution in [-0.2, 0) is 0 Å². The van der Waals surface area contributed by atoms with Crippen LogP contribution in [0.1, 0.15) is 0 Å². The first-order valence-corrected chi connectivity index (χ1v) is 3.23. The molecule has 0 atom stereocenters. The third-order valence-electron chi connectivity index (χ3n) is 1.47. The fraction of sp³-hybridized carbons (Fsp3) is 0.143. The van der Waals surface area contributed by atoms with Crippen molar-refractivity contribution < 1.29 is 0 Å². The summed E-state index contributed by atoms with van der Waals surface area (Å²) in [5.74, 6) is 0. The smallest absolute Gasteiger partial charge is 0.0763 e. The van der Waals surface area contributed by atoms with E-state index in [1.54, 1.807) is 6.20 Å². The van der Waals surface area contributed by atoms with Gasteiger partial charge in [0, 0.05) is 12.7 Å². The Morgan fingerprint density at radius 1 is 1.40 bits per heavy atom. The minimum absolute atomic E-state index is 0.860. The topological polar surface area (TPSA) is 37.0 Å². The fourth-order valence-corrected chi connectivity index (χ4v) is 0.983. The Morgan fingerprint density at radius 3 is 3.30 bits per heavy atom. The lowest BCUT2D eigenvalue weighted by Gasteiger charge is -2.17. The number of hydrogen-bond acceptors (Lipinski definition) is 3. The quantitative estimate of drug-likeness (QED) is 0.557. The highest BCUT2D eigenvalue weighted by atomic mass is 15.0. The summed E-state index contributed by atoms with van der Waals surface area (Å²) in [6, 6.07) is 1.94. The Kier molecular flexibility index (Phi) is 1.20. The van der Waals surface area contributed by atoms with Gasteiger partial charge in [-0.1, -0.05) is 0 Å². The van der Waals surface area contributed by atoms with Crippen LogP contribution in [0.3, 0.4) is 0 Å². The highest BCUT2D eigenvalue weighted by Gasteiger charge is 2.04. The molecule has 1 aliphatic rings. The summed E-state index contributed by atoms with van der Waals surface area (Å²) < 4.78 is 0. The van der Waals surface area contributed by atoms with Crippen LogP contribution in [0.25, 0.3) is 0 Å². The fourth-order valence-electron chi connectivity index (χ4n) is 0.983. The predicted molar refractivity (Wildman–Crippen MR) is 40.6 cm³/mol. The SMILES string of the molecule is [CH]1CNc2cnccc2N1. The first-order valence-electron chi connectivity index (χ1n) is 3.23. The van der Waals surface area contributed by atoms with Crippen LogP contribution in [0.5, 0.6) is 0 Å². The van der Waals surface area contributed by atoms with Crippen LogP contribution in [0.4, 0.5) is 11.4 Å². The maximum atomic E-state index is 3.98. The second-order valence-corrected chi connectivity index (χ2v) is 2.15.